The van der Waals surface area contributed by atoms with Gasteiger partial charge >= 0.3 is 0 Å². The van der Waals surface area contributed by atoms with Crippen LogP contribution in [0.1, 0.15) is 33.6 Å². The molecule has 0 saturated carbocycles. The van der Waals surface area contributed by atoms with Gasteiger partial charge in [0.15, 0.2) is 0 Å². The Bertz CT molecular complexity index is 118. The first kappa shape index (κ1) is 5.87. The molecule has 0 spiro atoms. The predicted octanol–water partition coefficient (Wildman–Crippen LogP) is 2.75. The van der Waals surface area contributed by atoms with Gasteiger partial charge in [0, 0.05) is 5.41 Å². The van der Waals surface area contributed by atoms with Crippen LogP contribution in [-0.4, -0.2) is 0 Å². The van der Waals surface area contributed by atoms with Gasteiger partial charge in [-0.15, -0.1) is 0 Å². The van der Waals surface area contributed by atoms with E-state index in [2.05, 4.69) is 26.8 Å². The highest BCUT2D eigenvalue weighted by Gasteiger charge is 2.31. The van der Waals surface area contributed by atoms with Gasteiger partial charge in [0.25, 0.3) is 0 Å². The summed E-state index contributed by atoms with van der Waals surface area (Å²) < 4.78 is 0. The fourth-order valence-corrected chi connectivity index (χ4v) is 1.06. The smallest absolute Gasteiger partial charge is 0.00375 e. The molecule has 0 fully saturated rings. The summed E-state index contributed by atoms with van der Waals surface area (Å²) in [6.45, 7) is 6.78. The molecule has 0 nitrogen and oxygen atoms in total. The second-order valence-corrected chi connectivity index (χ2v) is 3.14. The maximum Gasteiger partial charge on any atom is 0.00375 e. The molecule has 1 aliphatic rings. The van der Waals surface area contributed by atoms with Crippen molar-refractivity contribution < 1.29 is 0 Å². The Morgan fingerprint density at radius 2 is 2.00 bits per heavy atom. The van der Waals surface area contributed by atoms with Crippen LogP contribution in [0.4, 0.5) is 0 Å². The van der Waals surface area contributed by atoms with E-state index in [-0.39, 0.29) is 0 Å². The summed E-state index contributed by atoms with van der Waals surface area (Å²) in [6, 6.07) is 0. The molecule has 46 valence electrons. The highest BCUT2D eigenvalue weighted by Crippen LogP contribution is 2.45. The number of rotatable bonds is 2. The Kier molecular flexibility index (Phi) is 1.18. The third-order valence-corrected chi connectivity index (χ3v) is 1.80. The van der Waals surface area contributed by atoms with E-state index in [4.69, 9.17) is 0 Å². The monoisotopic (exact) mass is 110 g/mol. The quantitative estimate of drug-likeness (QED) is 0.479. The molecule has 0 unspecified atom stereocenters. The standard InChI is InChI=1S/C8H14/c1-4-5-7-6-8(7,2)3/h6H,4-5H2,1-3H3. The molecular weight excluding hydrogens is 96.1 g/mol. The van der Waals surface area contributed by atoms with Crippen LogP contribution in [0.2, 0.25) is 0 Å². The lowest BCUT2D eigenvalue weighted by Gasteiger charge is -2.00. The van der Waals surface area contributed by atoms with Gasteiger partial charge in [-0.2, -0.15) is 0 Å². The molecule has 1 aliphatic carbocycles. The first-order valence-electron chi connectivity index (χ1n) is 3.39. The van der Waals surface area contributed by atoms with Gasteiger partial charge in [0.1, 0.15) is 0 Å². The Balaban J connectivity index is 2.25. The van der Waals surface area contributed by atoms with Crippen molar-refractivity contribution in [3.63, 3.8) is 0 Å². The van der Waals surface area contributed by atoms with Crippen molar-refractivity contribution in [2.75, 3.05) is 0 Å². The lowest BCUT2D eigenvalue weighted by Crippen LogP contribution is -1.88. The molecular formula is C8H14. The fourth-order valence-electron chi connectivity index (χ4n) is 1.06. The first-order valence-corrected chi connectivity index (χ1v) is 3.39. The minimum atomic E-state index is 0.510. The Morgan fingerprint density at radius 3 is 2.12 bits per heavy atom. The molecule has 0 aromatic heterocycles. The summed E-state index contributed by atoms with van der Waals surface area (Å²) in [5.41, 5.74) is 2.16. The van der Waals surface area contributed by atoms with Gasteiger partial charge in [-0.3, -0.25) is 0 Å². The van der Waals surface area contributed by atoms with Crippen molar-refractivity contribution in [1.82, 2.24) is 0 Å². The van der Waals surface area contributed by atoms with Crippen molar-refractivity contribution in [2.45, 2.75) is 33.6 Å². The zero-order chi connectivity index (χ0) is 6.20. The minimum absolute atomic E-state index is 0.510. The second kappa shape index (κ2) is 1.61. The zero-order valence-corrected chi connectivity index (χ0v) is 5.99. The van der Waals surface area contributed by atoms with E-state index in [1.54, 1.807) is 5.57 Å². The molecule has 0 aromatic carbocycles. The summed E-state index contributed by atoms with van der Waals surface area (Å²) >= 11 is 0. The lowest BCUT2D eigenvalue weighted by molar-refractivity contribution is 0.667. The minimum Gasteiger partial charge on any atom is -0.0748 e. The largest absolute Gasteiger partial charge is 0.0748 e. The number of hydrogen-bond donors (Lipinski definition) is 0. The third kappa shape index (κ3) is 0.936. The number of hydrogen-bond acceptors (Lipinski definition) is 0. The topological polar surface area (TPSA) is 0 Å². The molecule has 0 aliphatic heterocycles. The van der Waals surface area contributed by atoms with Crippen molar-refractivity contribution in [1.29, 1.82) is 0 Å². The second-order valence-electron chi connectivity index (χ2n) is 3.14. The van der Waals surface area contributed by atoms with Crippen LogP contribution in [0.25, 0.3) is 0 Å². The lowest BCUT2D eigenvalue weighted by atomic mass is 10.0. The summed E-state index contributed by atoms with van der Waals surface area (Å²) in [5.74, 6) is 0. The molecule has 0 atom stereocenters. The molecule has 0 saturated heterocycles. The predicted molar refractivity (Wildman–Crippen MR) is 36.8 cm³/mol. The maximum atomic E-state index is 2.36. The summed E-state index contributed by atoms with van der Waals surface area (Å²) in [7, 11) is 0. The maximum absolute atomic E-state index is 2.36. The van der Waals surface area contributed by atoms with Gasteiger partial charge in [0.05, 0.1) is 0 Å². The van der Waals surface area contributed by atoms with Crippen molar-refractivity contribution in [3.05, 3.63) is 11.6 Å². The van der Waals surface area contributed by atoms with E-state index < -0.39 is 0 Å². The van der Waals surface area contributed by atoms with E-state index >= 15 is 0 Å². The fraction of sp³-hybridized carbons (Fsp3) is 0.750. The van der Waals surface area contributed by atoms with Gasteiger partial charge in [-0.25, -0.2) is 0 Å². The van der Waals surface area contributed by atoms with E-state index in [1.807, 2.05) is 0 Å². The SMILES string of the molecule is CCCC1=CC1(C)C. The molecule has 0 bridgehead atoms. The van der Waals surface area contributed by atoms with Crippen molar-refractivity contribution >= 4 is 0 Å². The molecule has 0 aromatic rings. The van der Waals surface area contributed by atoms with Crippen LogP contribution in [0.5, 0.6) is 0 Å². The van der Waals surface area contributed by atoms with Crippen LogP contribution in [0.3, 0.4) is 0 Å². The normalized spacial score (nSPS) is 22.6. The van der Waals surface area contributed by atoms with E-state index in [9.17, 15) is 0 Å². The zero-order valence-electron chi connectivity index (χ0n) is 5.99. The van der Waals surface area contributed by atoms with Crippen LogP contribution in [0.15, 0.2) is 11.6 Å². The Morgan fingerprint density at radius 1 is 1.50 bits per heavy atom. The van der Waals surface area contributed by atoms with Gasteiger partial charge < -0.3 is 0 Å². The summed E-state index contributed by atoms with van der Waals surface area (Å²) in [5, 5.41) is 0. The molecule has 8 heavy (non-hydrogen) atoms. The van der Waals surface area contributed by atoms with E-state index in [0.717, 1.165) is 0 Å². The Labute approximate surface area is 51.6 Å². The molecule has 1 rings (SSSR count). The molecule has 0 radical (unpaired) electrons. The van der Waals surface area contributed by atoms with Gasteiger partial charge in [0.2, 0.25) is 0 Å². The van der Waals surface area contributed by atoms with Crippen molar-refractivity contribution in [2.24, 2.45) is 5.41 Å². The molecule has 0 heteroatoms. The summed E-state index contributed by atoms with van der Waals surface area (Å²) in [6.07, 6.45) is 4.97. The molecule has 0 N–H and O–H groups in total. The first-order chi connectivity index (χ1) is 3.67. The van der Waals surface area contributed by atoms with Crippen LogP contribution in [-0.2, 0) is 0 Å². The highest BCUT2D eigenvalue weighted by molar-refractivity contribution is 5.35. The van der Waals surface area contributed by atoms with Crippen LogP contribution >= 0.6 is 0 Å². The summed E-state index contributed by atoms with van der Waals surface area (Å²) in [4.78, 5) is 0. The number of allylic oxidation sites excluding steroid dienone is 2. The highest BCUT2D eigenvalue weighted by atomic mass is 14.4. The van der Waals surface area contributed by atoms with E-state index in [1.165, 1.54) is 12.8 Å². The molecule has 0 heterocycles. The van der Waals surface area contributed by atoms with Gasteiger partial charge in [-0.05, 0) is 6.42 Å². The Hall–Kier alpha value is -0.260. The van der Waals surface area contributed by atoms with Crippen molar-refractivity contribution in [3.8, 4) is 0 Å². The molecule has 0 amide bonds. The van der Waals surface area contributed by atoms with Crippen LogP contribution in [0, 0.1) is 5.41 Å². The third-order valence-electron chi connectivity index (χ3n) is 1.80. The van der Waals surface area contributed by atoms with E-state index in [0.29, 0.717) is 5.41 Å². The van der Waals surface area contributed by atoms with Gasteiger partial charge in [-0.1, -0.05) is 38.8 Å². The average Bonchev–Trinajstić information content (AvgIpc) is 2.15. The average molecular weight is 110 g/mol. The van der Waals surface area contributed by atoms with Crippen LogP contribution < -0.4 is 0 Å².